The van der Waals surface area contributed by atoms with Gasteiger partial charge in [0.1, 0.15) is 0 Å². The van der Waals surface area contributed by atoms with Crippen LogP contribution in [0.3, 0.4) is 0 Å². The molecule has 0 aliphatic heterocycles. The van der Waals surface area contributed by atoms with Gasteiger partial charge < -0.3 is 10.1 Å². The van der Waals surface area contributed by atoms with Crippen LogP contribution in [0.25, 0.3) is 0 Å². The monoisotopic (exact) mass is 263 g/mol. The van der Waals surface area contributed by atoms with Crippen LogP contribution in [0.15, 0.2) is 42.5 Å². The number of carbonyl (C=O) groups is 1. The quantitative estimate of drug-likeness (QED) is 0.633. The third-order valence-corrected chi connectivity index (χ3v) is 2.31. The highest BCUT2D eigenvalue weighted by atomic mass is 19.1. The van der Waals surface area contributed by atoms with Crippen molar-refractivity contribution in [2.45, 2.75) is 20.4 Å². The Hall–Kier alpha value is -2.10. The summed E-state index contributed by atoms with van der Waals surface area (Å²) in [5.41, 5.74) is 0.689. The average molecular weight is 263 g/mol. The topological polar surface area (TPSA) is 38.3 Å². The van der Waals surface area contributed by atoms with Gasteiger partial charge >= 0.3 is 0 Å². The SMILES string of the molecule is C/C=C/C=C/C(=O)NCc1ccc(OCC)c(F)c1. The maximum absolute atomic E-state index is 13.5. The summed E-state index contributed by atoms with van der Waals surface area (Å²) in [6.45, 7) is 4.36. The molecule has 1 amide bonds. The number of rotatable bonds is 6. The lowest BCUT2D eigenvalue weighted by Gasteiger charge is -2.07. The number of nitrogens with one attached hydrogen (secondary N) is 1. The zero-order valence-corrected chi connectivity index (χ0v) is 11.2. The molecule has 0 saturated carbocycles. The van der Waals surface area contributed by atoms with Gasteiger partial charge in [-0.1, -0.05) is 24.3 Å². The maximum Gasteiger partial charge on any atom is 0.244 e. The first kappa shape index (κ1) is 15.0. The molecule has 0 fully saturated rings. The third kappa shape index (κ3) is 5.38. The fourth-order valence-electron chi connectivity index (χ4n) is 1.43. The summed E-state index contributed by atoms with van der Waals surface area (Å²) >= 11 is 0. The molecule has 4 heteroatoms. The summed E-state index contributed by atoms with van der Waals surface area (Å²) in [5.74, 6) is -0.406. The van der Waals surface area contributed by atoms with Crippen LogP contribution in [0.2, 0.25) is 0 Å². The number of benzene rings is 1. The molecule has 0 aliphatic rings. The van der Waals surface area contributed by atoms with Crippen LogP contribution >= 0.6 is 0 Å². The van der Waals surface area contributed by atoms with Crippen molar-refractivity contribution in [3.63, 3.8) is 0 Å². The van der Waals surface area contributed by atoms with Gasteiger partial charge in [0.25, 0.3) is 0 Å². The molecule has 1 rings (SSSR count). The van der Waals surface area contributed by atoms with Crippen molar-refractivity contribution < 1.29 is 13.9 Å². The maximum atomic E-state index is 13.5. The molecule has 0 spiro atoms. The van der Waals surface area contributed by atoms with Crippen molar-refractivity contribution in [1.82, 2.24) is 5.32 Å². The van der Waals surface area contributed by atoms with Gasteiger partial charge in [0.05, 0.1) is 6.61 Å². The van der Waals surface area contributed by atoms with Crippen molar-refractivity contribution in [3.05, 3.63) is 53.9 Å². The standard InChI is InChI=1S/C15H18FNO2/c1-3-5-6-7-15(18)17-11-12-8-9-14(19-4-2)13(16)10-12/h3,5-10H,4,11H2,1-2H3,(H,17,18)/b5-3+,7-6+. The van der Waals surface area contributed by atoms with Crippen molar-refractivity contribution in [3.8, 4) is 5.75 Å². The Morgan fingerprint density at radius 3 is 2.84 bits per heavy atom. The predicted octanol–water partition coefficient (Wildman–Crippen LogP) is 2.97. The van der Waals surface area contributed by atoms with E-state index in [1.54, 1.807) is 31.2 Å². The van der Waals surface area contributed by atoms with E-state index in [0.29, 0.717) is 12.2 Å². The number of carbonyl (C=O) groups excluding carboxylic acids is 1. The van der Waals surface area contributed by atoms with E-state index in [1.807, 2.05) is 13.0 Å². The van der Waals surface area contributed by atoms with Gasteiger partial charge in [0.15, 0.2) is 11.6 Å². The van der Waals surface area contributed by atoms with Crippen LogP contribution in [0.5, 0.6) is 5.75 Å². The number of amides is 1. The molecule has 0 bridgehead atoms. The van der Waals surface area contributed by atoms with Gasteiger partial charge in [-0.25, -0.2) is 4.39 Å². The van der Waals surface area contributed by atoms with Crippen LogP contribution in [0, 0.1) is 5.82 Å². The largest absolute Gasteiger partial charge is 0.491 e. The minimum Gasteiger partial charge on any atom is -0.491 e. The van der Waals surface area contributed by atoms with E-state index in [0.717, 1.165) is 0 Å². The predicted molar refractivity (Wildman–Crippen MR) is 73.4 cm³/mol. The zero-order valence-electron chi connectivity index (χ0n) is 11.2. The van der Waals surface area contributed by atoms with Crippen LogP contribution in [0.4, 0.5) is 4.39 Å². The smallest absolute Gasteiger partial charge is 0.244 e. The van der Waals surface area contributed by atoms with E-state index in [4.69, 9.17) is 4.74 Å². The van der Waals surface area contributed by atoms with E-state index < -0.39 is 5.82 Å². The molecule has 0 saturated heterocycles. The van der Waals surface area contributed by atoms with Crippen molar-refractivity contribution in [2.24, 2.45) is 0 Å². The van der Waals surface area contributed by atoms with Crippen molar-refractivity contribution >= 4 is 5.91 Å². The summed E-state index contributed by atoms with van der Waals surface area (Å²) in [4.78, 5) is 11.4. The molecule has 1 aromatic carbocycles. The van der Waals surface area contributed by atoms with Gasteiger partial charge in [-0.3, -0.25) is 4.79 Å². The third-order valence-electron chi connectivity index (χ3n) is 2.31. The first-order chi connectivity index (χ1) is 9.17. The number of hydrogen-bond donors (Lipinski definition) is 1. The van der Waals surface area contributed by atoms with Gasteiger partial charge in [-0.2, -0.15) is 0 Å². The van der Waals surface area contributed by atoms with E-state index in [2.05, 4.69) is 5.32 Å². The Bertz CT molecular complexity index is 481. The van der Waals surface area contributed by atoms with Gasteiger partial charge in [-0.15, -0.1) is 0 Å². The highest BCUT2D eigenvalue weighted by molar-refractivity contribution is 5.87. The Balaban J connectivity index is 2.54. The molecule has 0 radical (unpaired) electrons. The summed E-state index contributed by atoms with van der Waals surface area (Å²) in [6.07, 6.45) is 6.65. The molecule has 19 heavy (non-hydrogen) atoms. The van der Waals surface area contributed by atoms with E-state index in [1.165, 1.54) is 12.1 Å². The summed E-state index contributed by atoms with van der Waals surface area (Å²) in [5, 5.41) is 2.67. The Morgan fingerprint density at radius 2 is 2.21 bits per heavy atom. The molecular formula is C15H18FNO2. The summed E-state index contributed by atoms with van der Waals surface area (Å²) in [6, 6.07) is 4.65. The number of halogens is 1. The molecule has 0 unspecified atom stereocenters. The second-order valence-corrected chi connectivity index (χ2v) is 3.80. The lowest BCUT2D eigenvalue weighted by atomic mass is 10.2. The average Bonchev–Trinajstić information content (AvgIpc) is 2.40. The van der Waals surface area contributed by atoms with Crippen LogP contribution in [0.1, 0.15) is 19.4 Å². The molecule has 1 aromatic rings. The van der Waals surface area contributed by atoms with Crippen molar-refractivity contribution in [1.29, 1.82) is 0 Å². The second kappa shape index (κ2) is 8.08. The molecule has 0 aromatic heterocycles. The minimum atomic E-state index is -0.418. The molecule has 0 atom stereocenters. The first-order valence-electron chi connectivity index (χ1n) is 6.15. The Morgan fingerprint density at radius 1 is 1.42 bits per heavy atom. The first-order valence-corrected chi connectivity index (χ1v) is 6.15. The highest BCUT2D eigenvalue weighted by Crippen LogP contribution is 2.18. The highest BCUT2D eigenvalue weighted by Gasteiger charge is 2.04. The Kier molecular flexibility index (Phi) is 6.36. The molecule has 1 N–H and O–H groups in total. The van der Waals surface area contributed by atoms with Crippen molar-refractivity contribution in [2.75, 3.05) is 6.61 Å². The van der Waals surface area contributed by atoms with Crippen LogP contribution in [-0.4, -0.2) is 12.5 Å². The van der Waals surface area contributed by atoms with Gasteiger partial charge in [0.2, 0.25) is 5.91 Å². The number of hydrogen-bond acceptors (Lipinski definition) is 2. The summed E-state index contributed by atoms with van der Waals surface area (Å²) in [7, 11) is 0. The Labute approximate surface area is 112 Å². The van der Waals surface area contributed by atoms with E-state index >= 15 is 0 Å². The van der Waals surface area contributed by atoms with E-state index in [-0.39, 0.29) is 18.2 Å². The van der Waals surface area contributed by atoms with Gasteiger partial charge in [0, 0.05) is 12.6 Å². The minimum absolute atomic E-state index is 0.215. The number of allylic oxidation sites excluding steroid dienone is 3. The second-order valence-electron chi connectivity index (χ2n) is 3.80. The molecular weight excluding hydrogens is 245 g/mol. The molecule has 3 nitrogen and oxygen atoms in total. The lowest BCUT2D eigenvalue weighted by Crippen LogP contribution is -2.20. The number of ether oxygens (including phenoxy) is 1. The van der Waals surface area contributed by atoms with Gasteiger partial charge in [-0.05, 0) is 31.5 Å². The molecule has 0 aliphatic carbocycles. The van der Waals surface area contributed by atoms with Crippen LogP contribution < -0.4 is 10.1 Å². The summed E-state index contributed by atoms with van der Waals surface area (Å²) < 4.78 is 18.7. The lowest BCUT2D eigenvalue weighted by molar-refractivity contribution is -0.116. The normalized spacial score (nSPS) is 11.1. The van der Waals surface area contributed by atoms with E-state index in [9.17, 15) is 9.18 Å². The molecule has 102 valence electrons. The zero-order chi connectivity index (χ0) is 14.1. The van der Waals surface area contributed by atoms with Crippen LogP contribution in [-0.2, 0) is 11.3 Å². The molecule has 0 heterocycles. The fourth-order valence-corrected chi connectivity index (χ4v) is 1.43. The fraction of sp³-hybridized carbons (Fsp3) is 0.267.